The highest BCUT2D eigenvalue weighted by molar-refractivity contribution is 5.69. The summed E-state index contributed by atoms with van der Waals surface area (Å²) >= 11 is 0. The molecule has 26 heavy (non-hydrogen) atoms. The molecule has 152 valence electrons. The monoisotopic (exact) mass is 373 g/mol. The molecule has 0 aromatic heterocycles. The smallest absolute Gasteiger partial charge is 0.306 e. The third kappa shape index (κ3) is 15.0. The summed E-state index contributed by atoms with van der Waals surface area (Å²) < 4.78 is 16.5. The topological polar surface area (TPSA) is 114 Å². The molecule has 0 aliphatic carbocycles. The van der Waals surface area contributed by atoms with Gasteiger partial charge in [-0.15, -0.1) is 0 Å². The number of hydrogen-bond acceptors (Lipinski definition) is 5. The molecular formula is C18H35N3O5. The number of rotatable bonds is 19. The molecule has 0 amide bonds. The van der Waals surface area contributed by atoms with E-state index < -0.39 is 5.97 Å². The van der Waals surface area contributed by atoms with Crippen LogP contribution in [0.4, 0.5) is 0 Å². The Morgan fingerprint density at radius 3 is 2.31 bits per heavy atom. The van der Waals surface area contributed by atoms with Gasteiger partial charge in [-0.2, -0.15) is 0 Å². The van der Waals surface area contributed by atoms with Crippen molar-refractivity contribution in [3.8, 4) is 0 Å². The highest BCUT2D eigenvalue weighted by Gasteiger charge is 2.17. The van der Waals surface area contributed by atoms with E-state index in [9.17, 15) is 9.90 Å². The Morgan fingerprint density at radius 1 is 1.04 bits per heavy atom. The standard InChI is InChI=1S/C18H35N3O5/c1-3-5-7-16(18(22)23)8-6-9-17(4-2)26-15-14-25-13-12-24-11-10-20-21-19/h16-17H,3-15H2,1-2H3,(H,22,23). The number of nitrogens with zero attached hydrogens (tertiary/aromatic N) is 3. The average molecular weight is 373 g/mol. The zero-order valence-electron chi connectivity index (χ0n) is 16.3. The maximum atomic E-state index is 11.2. The van der Waals surface area contributed by atoms with E-state index in [1.807, 2.05) is 0 Å². The summed E-state index contributed by atoms with van der Waals surface area (Å²) in [5.41, 5.74) is 8.11. The van der Waals surface area contributed by atoms with Crippen LogP contribution in [-0.4, -0.2) is 56.8 Å². The van der Waals surface area contributed by atoms with Gasteiger partial charge < -0.3 is 19.3 Å². The molecule has 0 radical (unpaired) electrons. The van der Waals surface area contributed by atoms with Gasteiger partial charge in [0.25, 0.3) is 0 Å². The summed E-state index contributed by atoms with van der Waals surface area (Å²) in [6, 6.07) is 0. The molecule has 2 atom stereocenters. The number of unbranched alkanes of at least 4 members (excludes halogenated alkanes) is 1. The molecule has 0 saturated carbocycles. The van der Waals surface area contributed by atoms with Crippen molar-refractivity contribution in [2.45, 2.75) is 64.9 Å². The molecular weight excluding hydrogens is 338 g/mol. The Labute approximate surface area is 156 Å². The van der Waals surface area contributed by atoms with Crippen LogP contribution < -0.4 is 0 Å². The highest BCUT2D eigenvalue weighted by atomic mass is 16.5. The summed E-state index contributed by atoms with van der Waals surface area (Å²) in [6.45, 7) is 6.86. The first-order chi connectivity index (χ1) is 12.7. The number of azide groups is 1. The van der Waals surface area contributed by atoms with Crippen molar-refractivity contribution in [3.05, 3.63) is 10.4 Å². The van der Waals surface area contributed by atoms with Crippen LogP contribution >= 0.6 is 0 Å². The van der Waals surface area contributed by atoms with Gasteiger partial charge in [0.1, 0.15) is 0 Å². The average Bonchev–Trinajstić information content (AvgIpc) is 2.63. The Hall–Kier alpha value is -1.34. The summed E-state index contributed by atoms with van der Waals surface area (Å²) in [4.78, 5) is 13.9. The molecule has 0 aliphatic rings. The molecule has 0 saturated heterocycles. The van der Waals surface area contributed by atoms with Gasteiger partial charge in [-0.1, -0.05) is 38.2 Å². The minimum absolute atomic E-state index is 0.152. The lowest BCUT2D eigenvalue weighted by atomic mass is 9.95. The first kappa shape index (κ1) is 24.7. The predicted octanol–water partition coefficient (Wildman–Crippen LogP) is 4.19. The summed E-state index contributed by atoms with van der Waals surface area (Å²) in [6.07, 6.45) is 6.31. The van der Waals surface area contributed by atoms with Crippen LogP contribution in [0.1, 0.15) is 58.8 Å². The molecule has 0 spiro atoms. The first-order valence-corrected chi connectivity index (χ1v) is 9.66. The third-order valence-electron chi connectivity index (χ3n) is 4.14. The van der Waals surface area contributed by atoms with Crippen LogP contribution in [0.3, 0.4) is 0 Å². The molecule has 0 rings (SSSR count). The number of carboxylic acid groups (broad SMARTS) is 1. The highest BCUT2D eigenvalue weighted by Crippen LogP contribution is 2.18. The van der Waals surface area contributed by atoms with Gasteiger partial charge in [0.2, 0.25) is 0 Å². The van der Waals surface area contributed by atoms with E-state index in [4.69, 9.17) is 19.7 Å². The van der Waals surface area contributed by atoms with Crippen molar-refractivity contribution in [2.75, 3.05) is 39.6 Å². The Morgan fingerprint density at radius 2 is 1.69 bits per heavy atom. The lowest BCUT2D eigenvalue weighted by molar-refractivity contribution is -0.142. The molecule has 8 heteroatoms. The van der Waals surface area contributed by atoms with Crippen molar-refractivity contribution in [1.29, 1.82) is 0 Å². The maximum absolute atomic E-state index is 11.2. The van der Waals surface area contributed by atoms with Gasteiger partial charge in [-0.3, -0.25) is 4.79 Å². The van der Waals surface area contributed by atoms with Crippen molar-refractivity contribution < 1.29 is 24.1 Å². The molecule has 0 aliphatic heterocycles. The Balaban J connectivity index is 3.66. The third-order valence-corrected chi connectivity index (χ3v) is 4.14. The second kappa shape index (κ2) is 18.5. The molecule has 0 aromatic rings. The van der Waals surface area contributed by atoms with Crippen LogP contribution in [0.15, 0.2) is 5.11 Å². The summed E-state index contributed by atoms with van der Waals surface area (Å²) in [5.74, 6) is -0.905. The second-order valence-corrected chi connectivity index (χ2v) is 6.19. The molecule has 0 aromatic carbocycles. The molecule has 0 fully saturated rings. The van der Waals surface area contributed by atoms with Gasteiger partial charge in [0, 0.05) is 11.5 Å². The van der Waals surface area contributed by atoms with E-state index in [1.54, 1.807) is 0 Å². The number of carbonyl (C=O) groups is 1. The van der Waals surface area contributed by atoms with Crippen LogP contribution in [0.2, 0.25) is 0 Å². The van der Waals surface area contributed by atoms with Crippen LogP contribution in [-0.2, 0) is 19.0 Å². The number of ether oxygens (including phenoxy) is 3. The van der Waals surface area contributed by atoms with E-state index >= 15 is 0 Å². The Kier molecular flexibility index (Phi) is 17.5. The number of hydrogen-bond donors (Lipinski definition) is 1. The van der Waals surface area contributed by atoms with Crippen LogP contribution in [0.25, 0.3) is 10.4 Å². The molecule has 8 nitrogen and oxygen atoms in total. The number of carboxylic acids is 1. The second-order valence-electron chi connectivity index (χ2n) is 6.19. The van der Waals surface area contributed by atoms with E-state index in [-0.39, 0.29) is 12.0 Å². The fourth-order valence-corrected chi connectivity index (χ4v) is 2.58. The van der Waals surface area contributed by atoms with Gasteiger partial charge >= 0.3 is 5.97 Å². The van der Waals surface area contributed by atoms with E-state index in [1.165, 1.54) is 0 Å². The predicted molar refractivity (Wildman–Crippen MR) is 100 cm³/mol. The first-order valence-electron chi connectivity index (χ1n) is 9.66. The van der Waals surface area contributed by atoms with Crippen LogP contribution in [0, 0.1) is 5.92 Å². The molecule has 0 heterocycles. The lowest BCUT2D eigenvalue weighted by Crippen LogP contribution is -2.18. The van der Waals surface area contributed by atoms with Crippen molar-refractivity contribution in [2.24, 2.45) is 11.0 Å². The normalized spacial score (nSPS) is 13.2. The quantitative estimate of drug-likeness (QED) is 0.158. The lowest BCUT2D eigenvalue weighted by Gasteiger charge is -2.18. The fourth-order valence-electron chi connectivity index (χ4n) is 2.58. The minimum Gasteiger partial charge on any atom is -0.481 e. The zero-order valence-corrected chi connectivity index (χ0v) is 16.3. The summed E-state index contributed by atoms with van der Waals surface area (Å²) in [7, 11) is 0. The zero-order chi connectivity index (χ0) is 19.5. The maximum Gasteiger partial charge on any atom is 0.306 e. The largest absolute Gasteiger partial charge is 0.481 e. The minimum atomic E-state index is -0.678. The Bertz CT molecular complexity index is 389. The molecule has 2 unspecified atom stereocenters. The van der Waals surface area contributed by atoms with Crippen LogP contribution in [0.5, 0.6) is 0 Å². The fraction of sp³-hybridized carbons (Fsp3) is 0.944. The van der Waals surface area contributed by atoms with Gasteiger partial charge in [0.05, 0.1) is 45.1 Å². The SMILES string of the molecule is CCCCC(CCCC(CC)OCCOCCOCCN=[N+]=[N-])C(=O)O. The van der Waals surface area contributed by atoms with Gasteiger partial charge in [0.15, 0.2) is 0 Å². The number of aliphatic carboxylic acids is 1. The van der Waals surface area contributed by atoms with E-state index in [0.29, 0.717) is 39.6 Å². The summed E-state index contributed by atoms with van der Waals surface area (Å²) in [5, 5.41) is 12.6. The van der Waals surface area contributed by atoms with Crippen molar-refractivity contribution in [1.82, 2.24) is 0 Å². The van der Waals surface area contributed by atoms with Gasteiger partial charge in [-0.05, 0) is 31.2 Å². The van der Waals surface area contributed by atoms with Gasteiger partial charge in [-0.25, -0.2) is 0 Å². The van der Waals surface area contributed by atoms with E-state index in [2.05, 4.69) is 23.9 Å². The molecule has 0 bridgehead atoms. The van der Waals surface area contributed by atoms with E-state index in [0.717, 1.165) is 44.9 Å². The van der Waals surface area contributed by atoms with Crippen molar-refractivity contribution in [3.63, 3.8) is 0 Å². The molecule has 1 N–H and O–H groups in total. The van der Waals surface area contributed by atoms with Crippen molar-refractivity contribution >= 4 is 5.97 Å².